The highest BCUT2D eigenvalue weighted by molar-refractivity contribution is 9.10. The van der Waals surface area contributed by atoms with Gasteiger partial charge in [-0.3, -0.25) is 4.79 Å². The Kier molecular flexibility index (Phi) is 5.05. The van der Waals surface area contributed by atoms with Crippen molar-refractivity contribution in [1.29, 1.82) is 0 Å². The molecule has 22 heavy (non-hydrogen) atoms. The van der Waals surface area contributed by atoms with E-state index in [4.69, 9.17) is 5.11 Å². The van der Waals surface area contributed by atoms with E-state index in [0.29, 0.717) is 17.3 Å². The van der Waals surface area contributed by atoms with Crippen molar-refractivity contribution >= 4 is 27.9 Å². The lowest BCUT2D eigenvalue weighted by Crippen LogP contribution is -2.41. The van der Waals surface area contributed by atoms with Gasteiger partial charge in [0.2, 0.25) is 0 Å². The minimum absolute atomic E-state index is 0.133. The molecule has 1 aromatic rings. The van der Waals surface area contributed by atoms with Crippen LogP contribution in [0.3, 0.4) is 0 Å². The number of carbonyl (C=O) groups excluding carboxylic acids is 1. The van der Waals surface area contributed by atoms with E-state index < -0.39 is 11.9 Å². The first-order valence-electron chi connectivity index (χ1n) is 7.02. The average molecular weight is 373 g/mol. The predicted molar refractivity (Wildman–Crippen MR) is 83.1 cm³/mol. The SMILES string of the molecule is CC(CN(C)C(=O)NC1CCc2c1ccc(F)c2Br)C(=O)O. The van der Waals surface area contributed by atoms with Crippen molar-refractivity contribution in [3.63, 3.8) is 0 Å². The third-order valence-corrected chi connectivity index (χ3v) is 4.76. The molecule has 0 bridgehead atoms. The molecule has 0 fully saturated rings. The van der Waals surface area contributed by atoms with Gasteiger partial charge in [0.05, 0.1) is 16.4 Å². The minimum Gasteiger partial charge on any atom is -0.481 e. The first-order chi connectivity index (χ1) is 10.3. The van der Waals surface area contributed by atoms with Gasteiger partial charge in [-0.25, -0.2) is 9.18 Å². The fourth-order valence-electron chi connectivity index (χ4n) is 2.61. The second-order valence-electron chi connectivity index (χ2n) is 5.59. The molecule has 7 heteroatoms. The van der Waals surface area contributed by atoms with Crippen LogP contribution in [0.1, 0.15) is 30.5 Å². The summed E-state index contributed by atoms with van der Waals surface area (Å²) >= 11 is 3.24. The molecule has 5 nitrogen and oxygen atoms in total. The van der Waals surface area contributed by atoms with Gasteiger partial charge in [-0.2, -0.15) is 0 Å². The van der Waals surface area contributed by atoms with Crippen molar-refractivity contribution in [3.8, 4) is 0 Å². The number of carboxylic acids is 1. The number of benzene rings is 1. The van der Waals surface area contributed by atoms with Crippen molar-refractivity contribution in [2.45, 2.75) is 25.8 Å². The van der Waals surface area contributed by atoms with Gasteiger partial charge in [-0.05, 0) is 46.0 Å². The largest absolute Gasteiger partial charge is 0.481 e. The summed E-state index contributed by atoms with van der Waals surface area (Å²) < 4.78 is 14.0. The first kappa shape index (κ1) is 16.7. The number of carbonyl (C=O) groups is 2. The summed E-state index contributed by atoms with van der Waals surface area (Å²) in [7, 11) is 1.56. The Morgan fingerprint density at radius 2 is 2.23 bits per heavy atom. The zero-order valence-corrected chi connectivity index (χ0v) is 14.0. The summed E-state index contributed by atoms with van der Waals surface area (Å²) in [6.45, 7) is 1.69. The number of halogens is 2. The number of nitrogens with one attached hydrogen (secondary N) is 1. The van der Waals surface area contributed by atoms with Gasteiger partial charge in [-0.1, -0.05) is 13.0 Å². The molecule has 0 heterocycles. The zero-order chi connectivity index (χ0) is 16.4. The van der Waals surface area contributed by atoms with Crippen molar-refractivity contribution in [2.24, 2.45) is 5.92 Å². The highest BCUT2D eigenvalue weighted by Crippen LogP contribution is 2.37. The molecular formula is C15H18BrFN2O3. The van der Waals surface area contributed by atoms with E-state index in [1.165, 1.54) is 11.0 Å². The van der Waals surface area contributed by atoms with E-state index in [1.54, 1.807) is 20.0 Å². The Labute approximate surface area is 136 Å². The molecule has 2 amide bonds. The van der Waals surface area contributed by atoms with Crippen molar-refractivity contribution in [1.82, 2.24) is 10.2 Å². The molecule has 0 aromatic heterocycles. The van der Waals surface area contributed by atoms with E-state index in [1.807, 2.05) is 0 Å². The van der Waals surface area contributed by atoms with Crippen LogP contribution in [-0.2, 0) is 11.2 Å². The topological polar surface area (TPSA) is 69.6 Å². The number of carboxylic acid groups (broad SMARTS) is 1. The lowest BCUT2D eigenvalue weighted by Gasteiger charge is -2.23. The summed E-state index contributed by atoms with van der Waals surface area (Å²) in [4.78, 5) is 24.3. The first-order valence-corrected chi connectivity index (χ1v) is 7.81. The molecule has 0 radical (unpaired) electrons. The number of amides is 2. The maximum Gasteiger partial charge on any atom is 0.317 e. The third-order valence-electron chi connectivity index (χ3n) is 3.90. The Morgan fingerprint density at radius 1 is 1.55 bits per heavy atom. The second kappa shape index (κ2) is 6.64. The smallest absolute Gasteiger partial charge is 0.317 e. The van der Waals surface area contributed by atoms with E-state index >= 15 is 0 Å². The molecule has 120 valence electrons. The van der Waals surface area contributed by atoms with Crippen LogP contribution in [0.4, 0.5) is 9.18 Å². The van der Waals surface area contributed by atoms with Crippen LogP contribution in [-0.4, -0.2) is 35.6 Å². The maximum absolute atomic E-state index is 13.5. The van der Waals surface area contributed by atoms with E-state index in [-0.39, 0.29) is 24.4 Å². The minimum atomic E-state index is -0.940. The summed E-state index contributed by atoms with van der Waals surface area (Å²) in [6.07, 6.45) is 1.39. The number of nitrogens with zero attached hydrogens (tertiary/aromatic N) is 1. The van der Waals surface area contributed by atoms with Crippen LogP contribution < -0.4 is 5.32 Å². The monoisotopic (exact) mass is 372 g/mol. The van der Waals surface area contributed by atoms with Crippen LogP contribution in [0.15, 0.2) is 16.6 Å². The van der Waals surface area contributed by atoms with Crippen LogP contribution in [0.2, 0.25) is 0 Å². The lowest BCUT2D eigenvalue weighted by atomic mass is 10.1. The number of hydrogen-bond acceptors (Lipinski definition) is 2. The number of urea groups is 1. The summed E-state index contributed by atoms with van der Waals surface area (Å²) in [5.41, 5.74) is 1.79. The average Bonchev–Trinajstić information content (AvgIpc) is 2.86. The van der Waals surface area contributed by atoms with Gasteiger partial charge in [0.1, 0.15) is 5.82 Å². The molecule has 1 aliphatic carbocycles. The van der Waals surface area contributed by atoms with Gasteiger partial charge in [0.15, 0.2) is 0 Å². The number of rotatable bonds is 4. The number of aliphatic carboxylic acids is 1. The van der Waals surface area contributed by atoms with Gasteiger partial charge < -0.3 is 15.3 Å². The summed E-state index contributed by atoms with van der Waals surface area (Å²) in [5, 5.41) is 11.8. The number of hydrogen-bond donors (Lipinski definition) is 2. The molecule has 2 unspecified atom stereocenters. The summed E-state index contributed by atoms with van der Waals surface area (Å²) in [6, 6.07) is 2.56. The standard InChI is InChI=1S/C15H18BrFN2O3/c1-8(14(20)21)7-19(2)15(22)18-12-6-4-10-9(12)3-5-11(17)13(10)16/h3,5,8,12H,4,6-7H2,1-2H3,(H,18,22)(H,20,21). The van der Waals surface area contributed by atoms with Crippen molar-refractivity contribution in [3.05, 3.63) is 33.5 Å². The molecule has 0 saturated carbocycles. The highest BCUT2D eigenvalue weighted by Gasteiger charge is 2.28. The summed E-state index contributed by atoms with van der Waals surface area (Å²) in [5.74, 6) is -1.88. The predicted octanol–water partition coefficient (Wildman–Crippen LogP) is 2.94. The Balaban J connectivity index is 2.03. The Hall–Kier alpha value is -1.63. The fourth-order valence-corrected chi connectivity index (χ4v) is 3.17. The van der Waals surface area contributed by atoms with E-state index in [0.717, 1.165) is 11.1 Å². The lowest BCUT2D eigenvalue weighted by molar-refractivity contribution is -0.141. The molecule has 0 aliphatic heterocycles. The van der Waals surface area contributed by atoms with Gasteiger partial charge >= 0.3 is 12.0 Å². The second-order valence-corrected chi connectivity index (χ2v) is 6.38. The Bertz CT molecular complexity index is 609. The third kappa shape index (κ3) is 3.40. The van der Waals surface area contributed by atoms with Crippen LogP contribution in [0.25, 0.3) is 0 Å². The number of fused-ring (bicyclic) bond motifs is 1. The zero-order valence-electron chi connectivity index (χ0n) is 12.4. The molecule has 1 aliphatic rings. The molecule has 2 atom stereocenters. The molecule has 0 saturated heterocycles. The van der Waals surface area contributed by atoms with Gasteiger partial charge in [0, 0.05) is 13.6 Å². The Morgan fingerprint density at radius 3 is 2.86 bits per heavy atom. The molecule has 2 N–H and O–H groups in total. The van der Waals surface area contributed by atoms with E-state index in [2.05, 4.69) is 21.2 Å². The van der Waals surface area contributed by atoms with Crippen molar-refractivity contribution in [2.75, 3.05) is 13.6 Å². The van der Waals surface area contributed by atoms with E-state index in [9.17, 15) is 14.0 Å². The maximum atomic E-state index is 13.5. The normalized spacial score (nSPS) is 17.7. The quantitative estimate of drug-likeness (QED) is 0.853. The molecule has 2 rings (SSSR count). The van der Waals surface area contributed by atoms with Crippen molar-refractivity contribution < 1.29 is 19.1 Å². The van der Waals surface area contributed by atoms with Crippen LogP contribution in [0.5, 0.6) is 0 Å². The highest BCUT2D eigenvalue weighted by atomic mass is 79.9. The van der Waals surface area contributed by atoms with Gasteiger partial charge in [0.25, 0.3) is 0 Å². The molecule has 1 aromatic carbocycles. The molecular weight excluding hydrogens is 355 g/mol. The fraction of sp³-hybridized carbons (Fsp3) is 0.467. The molecule has 0 spiro atoms. The van der Waals surface area contributed by atoms with Gasteiger partial charge in [-0.15, -0.1) is 0 Å². The van der Waals surface area contributed by atoms with Crippen LogP contribution >= 0.6 is 15.9 Å². The van der Waals surface area contributed by atoms with Crippen LogP contribution in [0, 0.1) is 11.7 Å².